The highest BCUT2D eigenvalue weighted by Gasteiger charge is 2.20. The van der Waals surface area contributed by atoms with Gasteiger partial charge in [0.1, 0.15) is 5.82 Å². The molecular formula is C16H28N4O. The van der Waals surface area contributed by atoms with Crippen molar-refractivity contribution in [3.8, 4) is 0 Å². The predicted octanol–water partition coefficient (Wildman–Crippen LogP) is 1.78. The summed E-state index contributed by atoms with van der Waals surface area (Å²) in [4.78, 5) is 18.0. The number of likely N-dealkylation sites (tertiary alicyclic amines) is 1. The van der Waals surface area contributed by atoms with E-state index in [1.54, 1.807) is 6.92 Å². The standard InChI is InChI=1S/C16H28N4O/c1-12-13(2)19(4)16(18-12)11-20-9-6-15(7-10-20)5-8-17-14(3)21/h15H,5-11H2,1-4H3,(H,17,21). The molecule has 0 aromatic carbocycles. The first kappa shape index (κ1) is 16.0. The van der Waals surface area contributed by atoms with Crippen molar-refractivity contribution in [2.75, 3.05) is 19.6 Å². The van der Waals surface area contributed by atoms with Crippen molar-refractivity contribution in [2.24, 2.45) is 13.0 Å². The number of hydrogen-bond donors (Lipinski definition) is 1. The lowest BCUT2D eigenvalue weighted by molar-refractivity contribution is -0.119. The van der Waals surface area contributed by atoms with Crippen LogP contribution in [-0.4, -0.2) is 40.0 Å². The predicted molar refractivity (Wildman–Crippen MR) is 84.0 cm³/mol. The number of piperidine rings is 1. The molecule has 0 saturated carbocycles. The molecule has 1 fully saturated rings. The van der Waals surface area contributed by atoms with Gasteiger partial charge in [0.15, 0.2) is 0 Å². The third-order valence-electron chi connectivity index (χ3n) is 4.71. The fourth-order valence-electron chi connectivity index (χ4n) is 3.01. The van der Waals surface area contributed by atoms with Crippen LogP contribution < -0.4 is 5.32 Å². The third kappa shape index (κ3) is 4.30. The Kier molecular flexibility index (Phi) is 5.39. The Morgan fingerprint density at radius 1 is 1.33 bits per heavy atom. The van der Waals surface area contributed by atoms with E-state index in [4.69, 9.17) is 0 Å². The van der Waals surface area contributed by atoms with Gasteiger partial charge in [-0.1, -0.05) is 0 Å². The van der Waals surface area contributed by atoms with Gasteiger partial charge in [-0.3, -0.25) is 9.69 Å². The van der Waals surface area contributed by atoms with E-state index in [2.05, 4.69) is 40.7 Å². The molecule has 1 aliphatic heterocycles. The molecule has 1 saturated heterocycles. The fourth-order valence-corrected chi connectivity index (χ4v) is 3.01. The second-order valence-electron chi connectivity index (χ2n) is 6.25. The maximum atomic E-state index is 10.9. The molecule has 118 valence electrons. The maximum Gasteiger partial charge on any atom is 0.216 e. The molecule has 0 atom stereocenters. The molecule has 1 aliphatic rings. The average Bonchev–Trinajstić information content (AvgIpc) is 2.68. The normalized spacial score (nSPS) is 17.1. The van der Waals surface area contributed by atoms with Crippen LogP contribution in [0.1, 0.15) is 43.4 Å². The summed E-state index contributed by atoms with van der Waals surface area (Å²) in [6, 6.07) is 0. The van der Waals surface area contributed by atoms with Crippen LogP contribution in [-0.2, 0) is 18.4 Å². The Labute approximate surface area is 127 Å². The monoisotopic (exact) mass is 292 g/mol. The molecular weight excluding hydrogens is 264 g/mol. The van der Waals surface area contributed by atoms with E-state index >= 15 is 0 Å². The lowest BCUT2D eigenvalue weighted by atomic mass is 9.93. The SMILES string of the molecule is CC(=O)NCCC1CCN(Cc2nc(C)c(C)n2C)CC1. The van der Waals surface area contributed by atoms with Gasteiger partial charge < -0.3 is 9.88 Å². The number of nitrogens with zero attached hydrogens (tertiary/aromatic N) is 3. The highest BCUT2D eigenvalue weighted by atomic mass is 16.1. The van der Waals surface area contributed by atoms with Gasteiger partial charge in [0.05, 0.1) is 12.2 Å². The number of carbonyl (C=O) groups excluding carboxylic acids is 1. The van der Waals surface area contributed by atoms with Crippen LogP contribution in [0.5, 0.6) is 0 Å². The van der Waals surface area contributed by atoms with Gasteiger partial charge in [-0.15, -0.1) is 0 Å². The van der Waals surface area contributed by atoms with Gasteiger partial charge in [-0.25, -0.2) is 4.98 Å². The molecule has 5 nitrogen and oxygen atoms in total. The van der Waals surface area contributed by atoms with E-state index in [0.717, 1.165) is 44.2 Å². The average molecular weight is 292 g/mol. The molecule has 1 aromatic rings. The number of aromatic nitrogens is 2. The Hall–Kier alpha value is -1.36. The number of carbonyl (C=O) groups is 1. The number of rotatable bonds is 5. The number of aryl methyl sites for hydroxylation is 1. The van der Waals surface area contributed by atoms with Gasteiger partial charge >= 0.3 is 0 Å². The summed E-state index contributed by atoms with van der Waals surface area (Å²) in [5.41, 5.74) is 2.40. The third-order valence-corrected chi connectivity index (χ3v) is 4.71. The molecule has 1 aromatic heterocycles. The van der Waals surface area contributed by atoms with Crippen molar-refractivity contribution in [2.45, 2.75) is 46.6 Å². The lowest BCUT2D eigenvalue weighted by Crippen LogP contribution is -2.35. The first-order valence-electron chi connectivity index (χ1n) is 7.93. The minimum atomic E-state index is 0.0768. The van der Waals surface area contributed by atoms with E-state index < -0.39 is 0 Å². The van der Waals surface area contributed by atoms with Crippen LogP contribution in [0.3, 0.4) is 0 Å². The van der Waals surface area contributed by atoms with Gasteiger partial charge in [0.2, 0.25) is 5.91 Å². The van der Waals surface area contributed by atoms with E-state index in [0.29, 0.717) is 0 Å². The number of nitrogens with one attached hydrogen (secondary N) is 1. The highest BCUT2D eigenvalue weighted by Crippen LogP contribution is 2.21. The minimum Gasteiger partial charge on any atom is -0.356 e. The van der Waals surface area contributed by atoms with Crippen molar-refractivity contribution in [1.29, 1.82) is 0 Å². The fraction of sp³-hybridized carbons (Fsp3) is 0.750. The summed E-state index contributed by atoms with van der Waals surface area (Å²) in [5, 5.41) is 2.89. The number of imidazole rings is 1. The second-order valence-corrected chi connectivity index (χ2v) is 6.25. The summed E-state index contributed by atoms with van der Waals surface area (Å²) in [6.07, 6.45) is 3.55. The van der Waals surface area contributed by atoms with Crippen LogP contribution in [0.25, 0.3) is 0 Å². The van der Waals surface area contributed by atoms with E-state index in [9.17, 15) is 4.79 Å². The number of hydrogen-bond acceptors (Lipinski definition) is 3. The Balaban J connectivity index is 1.76. The maximum absolute atomic E-state index is 10.9. The van der Waals surface area contributed by atoms with Crippen LogP contribution >= 0.6 is 0 Å². The van der Waals surface area contributed by atoms with Gasteiger partial charge in [0, 0.05) is 26.2 Å². The second kappa shape index (κ2) is 7.07. The van der Waals surface area contributed by atoms with E-state index in [1.807, 2.05) is 0 Å². The van der Waals surface area contributed by atoms with Gasteiger partial charge in [-0.05, 0) is 52.1 Å². The van der Waals surface area contributed by atoms with Crippen LogP contribution in [0, 0.1) is 19.8 Å². The molecule has 0 radical (unpaired) electrons. The number of amides is 1. The van der Waals surface area contributed by atoms with E-state index in [-0.39, 0.29) is 5.91 Å². The molecule has 5 heteroatoms. The zero-order valence-corrected chi connectivity index (χ0v) is 13.8. The smallest absolute Gasteiger partial charge is 0.216 e. The summed E-state index contributed by atoms with van der Waals surface area (Å²) < 4.78 is 2.21. The highest BCUT2D eigenvalue weighted by molar-refractivity contribution is 5.72. The Morgan fingerprint density at radius 2 is 2.00 bits per heavy atom. The van der Waals surface area contributed by atoms with Gasteiger partial charge in [-0.2, -0.15) is 0 Å². The summed E-state index contributed by atoms with van der Waals surface area (Å²) in [5.74, 6) is 1.99. The molecule has 0 spiro atoms. The van der Waals surface area contributed by atoms with Crippen molar-refractivity contribution in [3.63, 3.8) is 0 Å². The van der Waals surface area contributed by atoms with Crippen molar-refractivity contribution >= 4 is 5.91 Å². The molecule has 0 bridgehead atoms. The summed E-state index contributed by atoms with van der Waals surface area (Å²) >= 11 is 0. The molecule has 1 N–H and O–H groups in total. The first-order valence-corrected chi connectivity index (χ1v) is 7.93. The molecule has 1 amide bonds. The largest absolute Gasteiger partial charge is 0.356 e. The van der Waals surface area contributed by atoms with Gasteiger partial charge in [0.25, 0.3) is 0 Å². The topological polar surface area (TPSA) is 50.2 Å². The summed E-state index contributed by atoms with van der Waals surface area (Å²) in [6.45, 7) is 9.82. The van der Waals surface area contributed by atoms with Crippen molar-refractivity contribution in [1.82, 2.24) is 19.8 Å². The Morgan fingerprint density at radius 3 is 2.52 bits per heavy atom. The zero-order valence-electron chi connectivity index (χ0n) is 13.8. The molecule has 0 unspecified atom stereocenters. The molecule has 2 heterocycles. The zero-order chi connectivity index (χ0) is 15.4. The minimum absolute atomic E-state index is 0.0768. The summed E-state index contributed by atoms with van der Waals surface area (Å²) in [7, 11) is 2.10. The quantitative estimate of drug-likeness (QED) is 0.900. The van der Waals surface area contributed by atoms with Crippen LogP contribution in [0.15, 0.2) is 0 Å². The Bertz CT molecular complexity index is 487. The first-order chi connectivity index (χ1) is 9.97. The van der Waals surface area contributed by atoms with E-state index in [1.165, 1.54) is 24.4 Å². The van der Waals surface area contributed by atoms with Crippen molar-refractivity contribution in [3.05, 3.63) is 17.2 Å². The molecule has 2 rings (SSSR count). The molecule has 21 heavy (non-hydrogen) atoms. The molecule has 0 aliphatic carbocycles. The lowest BCUT2D eigenvalue weighted by Gasteiger charge is -2.31. The van der Waals surface area contributed by atoms with Crippen LogP contribution in [0.4, 0.5) is 0 Å². The van der Waals surface area contributed by atoms with Crippen molar-refractivity contribution < 1.29 is 4.79 Å². The van der Waals surface area contributed by atoms with Crippen LogP contribution in [0.2, 0.25) is 0 Å².